The first kappa shape index (κ1) is 17.4. The minimum absolute atomic E-state index is 0.0130. The van der Waals surface area contributed by atoms with Crippen LogP contribution in [0.1, 0.15) is 13.3 Å². The molecule has 1 aliphatic carbocycles. The number of nitrogens with one attached hydrogen (secondary N) is 1. The maximum absolute atomic E-state index is 13.4. The van der Waals surface area contributed by atoms with E-state index in [1.807, 2.05) is 11.9 Å². The van der Waals surface area contributed by atoms with Gasteiger partial charge in [-0.3, -0.25) is 9.59 Å². The van der Waals surface area contributed by atoms with Gasteiger partial charge >= 0.3 is 0 Å². The molecule has 5 atom stereocenters. The minimum atomic E-state index is -0.876. The molecule has 8 heteroatoms. The predicted octanol–water partition coefficient (Wildman–Crippen LogP) is -0.992. The zero-order valence-electron chi connectivity index (χ0n) is 15.8. The van der Waals surface area contributed by atoms with Gasteiger partial charge in [0.1, 0.15) is 6.10 Å². The molecular formula is C19H25N3O5. The Balaban J connectivity index is 1.53. The fourth-order valence-electron chi connectivity index (χ4n) is 5.42. The summed E-state index contributed by atoms with van der Waals surface area (Å²) < 4.78 is 11.9. The molecule has 8 nitrogen and oxygen atoms in total. The van der Waals surface area contributed by atoms with E-state index >= 15 is 0 Å². The fourth-order valence-corrected chi connectivity index (χ4v) is 5.42. The van der Waals surface area contributed by atoms with Crippen molar-refractivity contribution in [2.45, 2.75) is 37.3 Å². The van der Waals surface area contributed by atoms with Crippen molar-refractivity contribution in [2.75, 3.05) is 40.4 Å². The number of fused-ring (bicyclic) bond motifs is 4. The highest BCUT2D eigenvalue weighted by Gasteiger charge is 2.72. The van der Waals surface area contributed by atoms with Gasteiger partial charge in [-0.05, 0) is 20.4 Å². The number of carbonyl (C=O) groups is 2. The average molecular weight is 375 g/mol. The number of ether oxygens (including phenoxy) is 2. The molecule has 0 aromatic heterocycles. The van der Waals surface area contributed by atoms with Crippen molar-refractivity contribution in [3.63, 3.8) is 0 Å². The number of ketones is 2. The van der Waals surface area contributed by atoms with Gasteiger partial charge in [0.05, 0.1) is 24.3 Å². The summed E-state index contributed by atoms with van der Waals surface area (Å²) in [6, 6.07) is 0.242. The Morgan fingerprint density at radius 3 is 2.70 bits per heavy atom. The Labute approximate surface area is 157 Å². The number of rotatable bonds is 4. The molecule has 2 N–H and O–H groups in total. The number of carbonyl (C=O) groups excluding carboxylic acids is 2. The number of nitrogens with zero attached hydrogens (tertiary/aromatic N) is 2. The molecule has 5 unspecified atom stereocenters. The molecule has 0 amide bonds. The second kappa shape index (κ2) is 5.64. The standard InChI is InChI=1S/C19H25N3O5/c1-9-15(24)14-13(16(25)17(9)27-10-4-5-21(2)6-10)11(8-23)19(26-3)18-12(20-18)7-22(14)19/h10-12,18,20,23H,4-8H2,1-3H3. The number of hydrogen-bond donors (Lipinski definition) is 2. The molecule has 4 aliphatic heterocycles. The largest absolute Gasteiger partial charge is 0.484 e. The van der Waals surface area contributed by atoms with Crippen molar-refractivity contribution in [3.05, 3.63) is 22.6 Å². The lowest BCUT2D eigenvalue weighted by Crippen LogP contribution is -2.54. The van der Waals surface area contributed by atoms with Crippen LogP contribution in [0.3, 0.4) is 0 Å². The van der Waals surface area contributed by atoms with Crippen LogP contribution in [0.5, 0.6) is 0 Å². The number of aliphatic hydroxyl groups excluding tert-OH is 1. The molecule has 3 fully saturated rings. The fraction of sp³-hybridized carbons (Fsp3) is 0.684. The zero-order chi connectivity index (χ0) is 19.1. The van der Waals surface area contributed by atoms with E-state index in [1.165, 1.54) is 0 Å². The maximum atomic E-state index is 13.4. The highest BCUT2D eigenvalue weighted by Crippen LogP contribution is 2.55. The molecule has 27 heavy (non-hydrogen) atoms. The van der Waals surface area contributed by atoms with E-state index in [-0.39, 0.29) is 42.1 Å². The molecule has 146 valence electrons. The predicted molar refractivity (Wildman–Crippen MR) is 94.5 cm³/mol. The number of hydrogen-bond acceptors (Lipinski definition) is 8. The third kappa shape index (κ3) is 2.07. The van der Waals surface area contributed by atoms with E-state index in [2.05, 4.69) is 10.2 Å². The summed E-state index contributed by atoms with van der Waals surface area (Å²) in [5.74, 6) is -0.898. The summed E-state index contributed by atoms with van der Waals surface area (Å²) in [5, 5.41) is 13.5. The van der Waals surface area contributed by atoms with Crippen LogP contribution >= 0.6 is 0 Å². The monoisotopic (exact) mass is 375 g/mol. The molecule has 0 radical (unpaired) electrons. The third-order valence-corrected chi connectivity index (χ3v) is 6.80. The van der Waals surface area contributed by atoms with Crippen LogP contribution in [0.2, 0.25) is 0 Å². The summed E-state index contributed by atoms with van der Waals surface area (Å²) in [6.07, 6.45) is 0.727. The Morgan fingerprint density at radius 2 is 2.07 bits per heavy atom. The van der Waals surface area contributed by atoms with Gasteiger partial charge in [0.15, 0.2) is 11.5 Å². The molecule has 0 bridgehead atoms. The lowest BCUT2D eigenvalue weighted by atomic mass is 9.83. The number of allylic oxidation sites excluding steroid dienone is 2. The van der Waals surface area contributed by atoms with Gasteiger partial charge in [0.2, 0.25) is 11.6 Å². The number of likely N-dealkylation sites (tertiary alicyclic amines) is 1. The van der Waals surface area contributed by atoms with Gasteiger partial charge in [-0.1, -0.05) is 0 Å². The molecule has 0 spiro atoms. The van der Waals surface area contributed by atoms with Crippen molar-refractivity contribution in [1.29, 1.82) is 0 Å². The lowest BCUT2D eigenvalue weighted by Gasteiger charge is -2.39. The lowest BCUT2D eigenvalue weighted by molar-refractivity contribution is -0.137. The molecular weight excluding hydrogens is 350 g/mol. The summed E-state index contributed by atoms with van der Waals surface area (Å²) in [5.41, 5.74) is 0.218. The molecule has 5 aliphatic rings. The van der Waals surface area contributed by atoms with Gasteiger partial charge in [0.25, 0.3) is 0 Å². The number of Topliss-reactive ketones (excluding diaryl/α,β-unsaturated/α-hetero) is 2. The van der Waals surface area contributed by atoms with Crippen LogP contribution in [-0.2, 0) is 19.1 Å². The van der Waals surface area contributed by atoms with Crippen LogP contribution in [0, 0.1) is 5.92 Å². The van der Waals surface area contributed by atoms with E-state index in [0.29, 0.717) is 23.4 Å². The van der Waals surface area contributed by atoms with Crippen molar-refractivity contribution in [2.24, 2.45) is 5.92 Å². The Kier molecular flexibility index (Phi) is 3.62. The number of methoxy groups -OCH3 is 1. The molecule has 0 aromatic carbocycles. The quantitative estimate of drug-likeness (QED) is 0.477. The van der Waals surface area contributed by atoms with E-state index in [9.17, 15) is 14.7 Å². The van der Waals surface area contributed by atoms with Gasteiger partial charge in [0, 0.05) is 43.9 Å². The molecule has 4 heterocycles. The van der Waals surface area contributed by atoms with Gasteiger partial charge in [-0.2, -0.15) is 0 Å². The summed E-state index contributed by atoms with van der Waals surface area (Å²) in [7, 11) is 3.59. The van der Waals surface area contributed by atoms with E-state index < -0.39 is 11.6 Å². The van der Waals surface area contributed by atoms with Crippen molar-refractivity contribution >= 4 is 11.6 Å². The number of likely N-dealkylation sites (N-methyl/N-ethyl adjacent to an activating group) is 1. The first-order valence-electron chi connectivity index (χ1n) is 9.53. The average Bonchev–Trinajstić information content (AvgIpc) is 3.05. The van der Waals surface area contributed by atoms with Crippen LogP contribution in [0.25, 0.3) is 0 Å². The third-order valence-electron chi connectivity index (χ3n) is 6.80. The van der Waals surface area contributed by atoms with Gasteiger partial charge < -0.3 is 29.7 Å². The van der Waals surface area contributed by atoms with Crippen LogP contribution in [-0.4, -0.2) is 90.8 Å². The van der Waals surface area contributed by atoms with Gasteiger partial charge in [-0.15, -0.1) is 0 Å². The molecule has 0 aromatic rings. The summed E-state index contributed by atoms with van der Waals surface area (Å²) >= 11 is 0. The Bertz CT molecular complexity index is 805. The van der Waals surface area contributed by atoms with E-state index in [0.717, 1.165) is 19.5 Å². The summed E-state index contributed by atoms with van der Waals surface area (Å²) in [4.78, 5) is 30.7. The molecule has 0 saturated carbocycles. The smallest absolute Gasteiger partial charge is 0.226 e. The number of aliphatic hydroxyl groups is 1. The number of piperazine rings is 1. The normalized spacial score (nSPS) is 40.7. The molecule has 3 saturated heterocycles. The molecule has 5 rings (SSSR count). The highest BCUT2D eigenvalue weighted by molar-refractivity contribution is 6.25. The summed E-state index contributed by atoms with van der Waals surface area (Å²) in [6.45, 7) is 3.64. The van der Waals surface area contributed by atoms with Crippen molar-refractivity contribution < 1.29 is 24.2 Å². The highest BCUT2D eigenvalue weighted by atomic mass is 16.5. The van der Waals surface area contributed by atoms with E-state index in [4.69, 9.17) is 9.47 Å². The topological polar surface area (TPSA) is 101 Å². The van der Waals surface area contributed by atoms with Crippen molar-refractivity contribution in [1.82, 2.24) is 15.1 Å². The van der Waals surface area contributed by atoms with Crippen LogP contribution in [0.4, 0.5) is 0 Å². The maximum Gasteiger partial charge on any atom is 0.226 e. The first-order chi connectivity index (χ1) is 12.9. The Hall–Kier alpha value is -1.74. The second-order valence-electron chi connectivity index (χ2n) is 8.22. The van der Waals surface area contributed by atoms with Crippen molar-refractivity contribution in [3.8, 4) is 0 Å². The van der Waals surface area contributed by atoms with Gasteiger partial charge in [-0.25, -0.2) is 0 Å². The SMILES string of the molecule is COC12C(CO)C3=C(C(=O)C(C)=C(OC4CCN(C)C4)C3=O)N1CC1NC12. The Morgan fingerprint density at radius 1 is 1.30 bits per heavy atom. The first-order valence-corrected chi connectivity index (χ1v) is 9.53. The van der Waals surface area contributed by atoms with Crippen LogP contribution in [0.15, 0.2) is 22.6 Å². The van der Waals surface area contributed by atoms with Crippen LogP contribution < -0.4 is 5.32 Å². The minimum Gasteiger partial charge on any atom is -0.484 e. The van der Waals surface area contributed by atoms with E-state index in [1.54, 1.807) is 14.0 Å². The second-order valence-corrected chi connectivity index (χ2v) is 8.22. The zero-order valence-corrected chi connectivity index (χ0v) is 15.8.